The number of nitrogens with zero attached hydrogens (tertiary/aromatic N) is 1. The zero-order valence-electron chi connectivity index (χ0n) is 9.73. The van der Waals surface area contributed by atoms with Crippen molar-refractivity contribution in [1.82, 2.24) is 5.32 Å². The maximum atomic E-state index is 12.1. The van der Waals surface area contributed by atoms with E-state index >= 15 is 0 Å². The molecule has 1 saturated heterocycles. The molecular formula is C13H13ClN2O2. The SMILES string of the molecule is O=C1CC(C2CC2)NC(=O)N1c1cccc(Cl)c1. The second-order valence-corrected chi connectivity index (χ2v) is 5.24. The van der Waals surface area contributed by atoms with Crippen LogP contribution in [0.1, 0.15) is 19.3 Å². The van der Waals surface area contributed by atoms with Crippen molar-refractivity contribution in [2.45, 2.75) is 25.3 Å². The zero-order valence-corrected chi connectivity index (χ0v) is 10.5. The molecule has 3 amide bonds. The summed E-state index contributed by atoms with van der Waals surface area (Å²) in [6, 6.07) is 6.44. The van der Waals surface area contributed by atoms with E-state index in [4.69, 9.17) is 11.6 Å². The molecule has 3 rings (SSSR count). The minimum absolute atomic E-state index is 0.0143. The number of hydrogen-bond acceptors (Lipinski definition) is 2. The van der Waals surface area contributed by atoms with E-state index in [1.807, 2.05) is 0 Å². The number of benzene rings is 1. The van der Waals surface area contributed by atoms with E-state index in [2.05, 4.69) is 5.32 Å². The monoisotopic (exact) mass is 264 g/mol. The molecule has 4 nitrogen and oxygen atoms in total. The predicted molar refractivity (Wildman–Crippen MR) is 68.6 cm³/mol. The van der Waals surface area contributed by atoms with E-state index in [9.17, 15) is 9.59 Å². The molecule has 1 heterocycles. The van der Waals surface area contributed by atoms with E-state index in [1.165, 1.54) is 4.90 Å². The molecule has 0 spiro atoms. The van der Waals surface area contributed by atoms with Gasteiger partial charge in [-0.05, 0) is 37.0 Å². The molecule has 18 heavy (non-hydrogen) atoms. The van der Waals surface area contributed by atoms with Gasteiger partial charge in [0.25, 0.3) is 0 Å². The molecule has 5 heteroatoms. The van der Waals surface area contributed by atoms with Crippen LogP contribution in [0.4, 0.5) is 10.5 Å². The molecule has 94 valence electrons. The van der Waals surface area contributed by atoms with Crippen LogP contribution in [0.25, 0.3) is 0 Å². The number of imide groups is 1. The molecule has 1 aromatic rings. The van der Waals surface area contributed by atoms with E-state index < -0.39 is 0 Å². The van der Waals surface area contributed by atoms with E-state index in [-0.39, 0.29) is 18.0 Å². The Labute approximate surface area is 110 Å². The van der Waals surface area contributed by atoms with Crippen molar-refractivity contribution in [3.63, 3.8) is 0 Å². The smallest absolute Gasteiger partial charge is 0.328 e. The molecule has 0 aromatic heterocycles. The molecule has 1 aliphatic heterocycles. The van der Waals surface area contributed by atoms with Crippen molar-refractivity contribution >= 4 is 29.2 Å². The summed E-state index contributed by atoms with van der Waals surface area (Å²) < 4.78 is 0. The highest BCUT2D eigenvalue weighted by Crippen LogP contribution is 2.36. The summed E-state index contributed by atoms with van der Waals surface area (Å²) >= 11 is 5.88. The normalized spacial score (nSPS) is 24.1. The summed E-state index contributed by atoms with van der Waals surface area (Å²) in [4.78, 5) is 25.3. The van der Waals surface area contributed by atoms with Crippen molar-refractivity contribution in [2.24, 2.45) is 5.92 Å². The first-order chi connectivity index (χ1) is 8.65. The quantitative estimate of drug-likeness (QED) is 0.892. The van der Waals surface area contributed by atoms with Gasteiger partial charge in [0.05, 0.1) is 5.69 Å². The lowest BCUT2D eigenvalue weighted by atomic mass is 10.1. The first-order valence-corrected chi connectivity index (χ1v) is 6.42. The van der Waals surface area contributed by atoms with Gasteiger partial charge >= 0.3 is 6.03 Å². The molecule has 2 fully saturated rings. The standard InChI is InChI=1S/C13H13ClN2O2/c14-9-2-1-3-10(6-9)16-12(17)7-11(8-4-5-8)15-13(16)18/h1-3,6,8,11H,4-5,7H2,(H,15,18). The lowest BCUT2D eigenvalue weighted by Crippen LogP contribution is -2.55. The minimum Gasteiger partial charge on any atom is -0.334 e. The fourth-order valence-corrected chi connectivity index (χ4v) is 2.51. The molecule has 1 atom stereocenters. The van der Waals surface area contributed by atoms with Crippen LogP contribution in [-0.2, 0) is 4.79 Å². The Hall–Kier alpha value is -1.55. The fourth-order valence-electron chi connectivity index (χ4n) is 2.33. The van der Waals surface area contributed by atoms with Gasteiger partial charge in [-0.25, -0.2) is 9.69 Å². The van der Waals surface area contributed by atoms with Crippen LogP contribution in [0.5, 0.6) is 0 Å². The van der Waals surface area contributed by atoms with Crippen molar-refractivity contribution in [2.75, 3.05) is 4.90 Å². The number of hydrogen-bond donors (Lipinski definition) is 1. The fraction of sp³-hybridized carbons (Fsp3) is 0.385. The molecular weight excluding hydrogens is 252 g/mol. The number of halogens is 1. The summed E-state index contributed by atoms with van der Waals surface area (Å²) in [5, 5.41) is 3.41. The highest BCUT2D eigenvalue weighted by atomic mass is 35.5. The van der Waals surface area contributed by atoms with Crippen LogP contribution in [0.3, 0.4) is 0 Å². The van der Waals surface area contributed by atoms with E-state index in [1.54, 1.807) is 24.3 Å². The lowest BCUT2D eigenvalue weighted by molar-refractivity contribution is -0.119. The van der Waals surface area contributed by atoms with Crippen LogP contribution >= 0.6 is 11.6 Å². The Kier molecular flexibility index (Phi) is 2.74. The molecule has 1 aliphatic carbocycles. The van der Waals surface area contributed by atoms with Gasteiger partial charge in [-0.15, -0.1) is 0 Å². The third kappa shape index (κ3) is 2.08. The van der Waals surface area contributed by atoms with Gasteiger partial charge in [-0.2, -0.15) is 0 Å². The average molecular weight is 265 g/mol. The topological polar surface area (TPSA) is 49.4 Å². The highest BCUT2D eigenvalue weighted by Gasteiger charge is 2.40. The van der Waals surface area contributed by atoms with Crippen LogP contribution in [0.2, 0.25) is 5.02 Å². The van der Waals surface area contributed by atoms with Crippen LogP contribution in [0.15, 0.2) is 24.3 Å². The highest BCUT2D eigenvalue weighted by molar-refractivity contribution is 6.31. The number of nitrogens with one attached hydrogen (secondary N) is 1. The summed E-state index contributed by atoms with van der Waals surface area (Å²) in [5.74, 6) is 0.331. The van der Waals surface area contributed by atoms with Gasteiger partial charge in [0.1, 0.15) is 0 Å². The van der Waals surface area contributed by atoms with Crippen LogP contribution in [-0.4, -0.2) is 18.0 Å². The summed E-state index contributed by atoms with van der Waals surface area (Å²) in [5.41, 5.74) is 0.527. The number of urea groups is 1. The second-order valence-electron chi connectivity index (χ2n) is 4.81. The molecule has 2 aliphatic rings. The summed E-state index contributed by atoms with van der Waals surface area (Å²) in [6.07, 6.45) is 2.59. The van der Waals surface area contributed by atoms with Crippen molar-refractivity contribution in [1.29, 1.82) is 0 Å². The van der Waals surface area contributed by atoms with Gasteiger partial charge in [-0.3, -0.25) is 4.79 Å². The number of carbonyl (C=O) groups is 2. The predicted octanol–water partition coefficient (Wildman–Crippen LogP) is 2.56. The third-order valence-corrected chi connectivity index (χ3v) is 3.65. The Bertz CT molecular complexity index is 495. The Balaban J connectivity index is 1.84. The van der Waals surface area contributed by atoms with Gasteiger partial charge < -0.3 is 5.32 Å². The Morgan fingerprint density at radius 3 is 2.67 bits per heavy atom. The summed E-state index contributed by atoms with van der Waals surface area (Å²) in [7, 11) is 0. The molecule has 1 unspecified atom stereocenters. The van der Waals surface area contributed by atoms with Gasteiger partial charge in [0.2, 0.25) is 5.91 Å². The van der Waals surface area contributed by atoms with Crippen molar-refractivity contribution in [3.05, 3.63) is 29.3 Å². The van der Waals surface area contributed by atoms with Gasteiger partial charge in [0.15, 0.2) is 0 Å². The number of rotatable bonds is 2. The molecule has 1 aromatic carbocycles. The maximum Gasteiger partial charge on any atom is 0.328 e. The number of amides is 3. The zero-order chi connectivity index (χ0) is 12.7. The first-order valence-electron chi connectivity index (χ1n) is 6.04. The number of carbonyl (C=O) groups excluding carboxylic acids is 2. The molecule has 0 bridgehead atoms. The lowest BCUT2D eigenvalue weighted by Gasteiger charge is -2.31. The Morgan fingerprint density at radius 1 is 1.28 bits per heavy atom. The summed E-state index contributed by atoms with van der Waals surface area (Å²) in [6.45, 7) is 0. The minimum atomic E-state index is -0.342. The third-order valence-electron chi connectivity index (χ3n) is 3.41. The Morgan fingerprint density at radius 2 is 2.06 bits per heavy atom. The van der Waals surface area contributed by atoms with Gasteiger partial charge in [-0.1, -0.05) is 17.7 Å². The number of anilines is 1. The van der Waals surface area contributed by atoms with E-state index in [0.717, 1.165) is 12.8 Å². The molecule has 1 saturated carbocycles. The van der Waals surface area contributed by atoms with Crippen molar-refractivity contribution in [3.8, 4) is 0 Å². The van der Waals surface area contributed by atoms with Gasteiger partial charge in [0, 0.05) is 17.5 Å². The second kappa shape index (κ2) is 4.28. The first kappa shape index (κ1) is 11.5. The molecule has 0 radical (unpaired) electrons. The largest absolute Gasteiger partial charge is 0.334 e. The maximum absolute atomic E-state index is 12.1. The van der Waals surface area contributed by atoms with Crippen LogP contribution in [0, 0.1) is 5.92 Å². The van der Waals surface area contributed by atoms with E-state index in [0.29, 0.717) is 23.0 Å². The molecule has 1 N–H and O–H groups in total. The van der Waals surface area contributed by atoms with Crippen molar-refractivity contribution < 1.29 is 9.59 Å². The van der Waals surface area contributed by atoms with Crippen LogP contribution < -0.4 is 10.2 Å². The average Bonchev–Trinajstić information content (AvgIpc) is 3.11.